The van der Waals surface area contributed by atoms with Crippen molar-refractivity contribution in [2.75, 3.05) is 0 Å². The number of amides is 2. The fourth-order valence-corrected chi connectivity index (χ4v) is 4.50. The molecule has 0 radical (unpaired) electrons. The molecule has 2 aliphatic carbocycles. The van der Waals surface area contributed by atoms with E-state index in [9.17, 15) is 4.79 Å². The van der Waals surface area contributed by atoms with Crippen molar-refractivity contribution in [1.29, 1.82) is 0 Å². The van der Waals surface area contributed by atoms with E-state index >= 15 is 0 Å². The number of halogens is 1. The third-order valence-electron chi connectivity index (χ3n) is 5.13. The Balaban J connectivity index is 1.46. The molecular formula is C18H23BrN2O. The zero-order valence-corrected chi connectivity index (χ0v) is 14.5. The molecule has 0 aromatic heterocycles. The van der Waals surface area contributed by atoms with Crippen LogP contribution >= 0.6 is 15.9 Å². The highest BCUT2D eigenvalue weighted by Gasteiger charge is 2.42. The number of rotatable bonds is 4. The largest absolute Gasteiger partial charge is 0.335 e. The van der Waals surface area contributed by atoms with Gasteiger partial charge in [0.05, 0.1) is 0 Å². The summed E-state index contributed by atoms with van der Waals surface area (Å²) in [5.74, 6) is 2.41. The van der Waals surface area contributed by atoms with Crippen molar-refractivity contribution in [3.8, 4) is 0 Å². The molecule has 2 saturated carbocycles. The Bertz CT molecular complexity index is 572. The van der Waals surface area contributed by atoms with Crippen molar-refractivity contribution >= 4 is 28.0 Å². The second kappa shape index (κ2) is 6.86. The van der Waals surface area contributed by atoms with Crippen LogP contribution in [-0.4, -0.2) is 12.1 Å². The first-order chi connectivity index (χ1) is 10.6. The number of benzene rings is 1. The second-order valence-electron chi connectivity index (χ2n) is 6.63. The molecule has 3 nitrogen and oxygen atoms in total. The van der Waals surface area contributed by atoms with Crippen LogP contribution in [0.4, 0.5) is 4.79 Å². The maximum Gasteiger partial charge on any atom is 0.318 e. The lowest BCUT2D eigenvalue weighted by Crippen LogP contribution is -2.43. The molecule has 1 aromatic carbocycles. The molecule has 2 N–H and O–H groups in total. The third kappa shape index (κ3) is 3.72. The van der Waals surface area contributed by atoms with Gasteiger partial charge in [-0.15, -0.1) is 0 Å². The average molecular weight is 363 g/mol. The van der Waals surface area contributed by atoms with Gasteiger partial charge in [0, 0.05) is 16.7 Å². The number of urea groups is 1. The maximum absolute atomic E-state index is 12.0. The Labute approximate surface area is 140 Å². The van der Waals surface area contributed by atoms with Crippen LogP contribution in [0, 0.1) is 17.8 Å². The predicted octanol–water partition coefficient (Wildman–Crippen LogP) is 4.54. The highest BCUT2D eigenvalue weighted by atomic mass is 79.9. The summed E-state index contributed by atoms with van der Waals surface area (Å²) < 4.78 is 1.03. The molecule has 0 heterocycles. The quantitative estimate of drug-likeness (QED) is 0.810. The molecule has 0 aliphatic heterocycles. The van der Waals surface area contributed by atoms with Gasteiger partial charge in [0.1, 0.15) is 0 Å². The molecule has 22 heavy (non-hydrogen) atoms. The van der Waals surface area contributed by atoms with Gasteiger partial charge in [0.2, 0.25) is 0 Å². The van der Waals surface area contributed by atoms with Gasteiger partial charge in [-0.1, -0.05) is 34.5 Å². The standard InChI is InChI=1S/C18H23BrN2O/c1-12(17-11-14-5-6-15(17)9-14)21-18(22)20-8-7-13-3-2-4-16(19)10-13/h2-4,7-8,10,12,14-15,17H,5-6,9,11H2,1H3,(H2,20,21,22)/b8-7+. The molecule has 2 aliphatic rings. The lowest BCUT2D eigenvalue weighted by atomic mass is 9.84. The Morgan fingerprint density at radius 2 is 2.23 bits per heavy atom. The van der Waals surface area contributed by atoms with E-state index in [0.717, 1.165) is 21.9 Å². The Hall–Kier alpha value is -1.29. The minimum atomic E-state index is -0.110. The van der Waals surface area contributed by atoms with Crippen molar-refractivity contribution in [1.82, 2.24) is 10.6 Å². The van der Waals surface area contributed by atoms with Crippen LogP contribution in [0.25, 0.3) is 6.08 Å². The van der Waals surface area contributed by atoms with E-state index < -0.39 is 0 Å². The number of carbonyl (C=O) groups is 1. The fraction of sp³-hybridized carbons (Fsp3) is 0.500. The van der Waals surface area contributed by atoms with Crippen LogP contribution in [0.5, 0.6) is 0 Å². The summed E-state index contributed by atoms with van der Waals surface area (Å²) in [5.41, 5.74) is 1.05. The van der Waals surface area contributed by atoms with Crippen LogP contribution in [0.3, 0.4) is 0 Å². The normalized spacial score (nSPS) is 28.0. The van der Waals surface area contributed by atoms with Gasteiger partial charge in [0.25, 0.3) is 0 Å². The fourth-order valence-electron chi connectivity index (χ4n) is 4.09. The van der Waals surface area contributed by atoms with Gasteiger partial charge in [-0.2, -0.15) is 0 Å². The van der Waals surface area contributed by atoms with Gasteiger partial charge in [0.15, 0.2) is 0 Å². The summed E-state index contributed by atoms with van der Waals surface area (Å²) in [4.78, 5) is 12.0. The van der Waals surface area contributed by atoms with E-state index in [4.69, 9.17) is 0 Å². The number of carbonyl (C=O) groups excluding carboxylic acids is 1. The van der Waals surface area contributed by atoms with E-state index in [2.05, 4.69) is 33.5 Å². The number of hydrogen-bond acceptors (Lipinski definition) is 1. The highest BCUT2D eigenvalue weighted by molar-refractivity contribution is 9.10. The van der Waals surface area contributed by atoms with E-state index in [1.54, 1.807) is 6.20 Å². The third-order valence-corrected chi connectivity index (χ3v) is 5.63. The van der Waals surface area contributed by atoms with Crippen LogP contribution in [-0.2, 0) is 0 Å². The summed E-state index contributed by atoms with van der Waals surface area (Å²) in [6.07, 6.45) is 9.01. The first kappa shape index (κ1) is 15.6. The zero-order valence-electron chi connectivity index (χ0n) is 12.9. The molecule has 4 heteroatoms. The molecule has 4 unspecified atom stereocenters. The molecule has 3 rings (SSSR count). The molecule has 0 spiro atoms. The minimum absolute atomic E-state index is 0.110. The number of nitrogens with one attached hydrogen (secondary N) is 2. The smallest absolute Gasteiger partial charge is 0.318 e. The summed E-state index contributed by atoms with van der Waals surface area (Å²) in [6, 6.07) is 8.11. The zero-order chi connectivity index (χ0) is 15.5. The van der Waals surface area contributed by atoms with Gasteiger partial charge in [-0.3, -0.25) is 0 Å². The van der Waals surface area contributed by atoms with E-state index in [1.807, 2.05) is 30.3 Å². The Morgan fingerprint density at radius 3 is 2.91 bits per heavy atom. The molecule has 118 valence electrons. The first-order valence-electron chi connectivity index (χ1n) is 8.11. The van der Waals surface area contributed by atoms with Crippen molar-refractivity contribution in [2.45, 2.75) is 38.6 Å². The highest BCUT2D eigenvalue weighted by Crippen LogP contribution is 2.49. The SMILES string of the molecule is CC(NC(=O)N/C=C/c1cccc(Br)c1)C1CC2CCC1C2. The molecule has 2 amide bonds. The summed E-state index contributed by atoms with van der Waals surface area (Å²) >= 11 is 3.44. The van der Waals surface area contributed by atoms with Crippen molar-refractivity contribution in [3.63, 3.8) is 0 Å². The molecule has 4 atom stereocenters. The summed E-state index contributed by atoms with van der Waals surface area (Å²) in [5, 5.41) is 5.90. The number of fused-ring (bicyclic) bond motifs is 2. The average Bonchev–Trinajstić information content (AvgIpc) is 3.10. The molecule has 2 bridgehead atoms. The van der Waals surface area contributed by atoms with Crippen molar-refractivity contribution in [3.05, 3.63) is 40.5 Å². The monoisotopic (exact) mass is 362 g/mol. The van der Waals surface area contributed by atoms with E-state index in [-0.39, 0.29) is 12.1 Å². The summed E-state index contributed by atoms with van der Waals surface area (Å²) in [7, 11) is 0. The lowest BCUT2D eigenvalue weighted by molar-refractivity contribution is 0.223. The first-order valence-corrected chi connectivity index (χ1v) is 8.90. The molecule has 2 fully saturated rings. The Kier molecular flexibility index (Phi) is 4.87. The van der Waals surface area contributed by atoms with Gasteiger partial charge < -0.3 is 10.6 Å². The van der Waals surface area contributed by atoms with E-state index in [1.165, 1.54) is 25.7 Å². The molecule has 1 aromatic rings. The van der Waals surface area contributed by atoms with E-state index in [0.29, 0.717) is 5.92 Å². The van der Waals surface area contributed by atoms with Crippen LogP contribution in [0.15, 0.2) is 34.9 Å². The number of hydrogen-bond donors (Lipinski definition) is 2. The van der Waals surface area contributed by atoms with Gasteiger partial charge in [-0.05, 0) is 67.7 Å². The lowest BCUT2D eigenvalue weighted by Gasteiger charge is -2.28. The van der Waals surface area contributed by atoms with Crippen LogP contribution in [0.2, 0.25) is 0 Å². The second-order valence-corrected chi connectivity index (χ2v) is 7.55. The van der Waals surface area contributed by atoms with Crippen molar-refractivity contribution < 1.29 is 4.79 Å². The van der Waals surface area contributed by atoms with Gasteiger partial charge in [-0.25, -0.2) is 4.79 Å². The summed E-state index contributed by atoms with van der Waals surface area (Å²) in [6.45, 7) is 2.14. The minimum Gasteiger partial charge on any atom is -0.335 e. The maximum atomic E-state index is 12.0. The van der Waals surface area contributed by atoms with Gasteiger partial charge >= 0.3 is 6.03 Å². The molecular weight excluding hydrogens is 340 g/mol. The molecule has 0 saturated heterocycles. The Morgan fingerprint density at radius 1 is 1.36 bits per heavy atom. The predicted molar refractivity (Wildman–Crippen MR) is 93.2 cm³/mol. The van der Waals surface area contributed by atoms with Crippen LogP contribution < -0.4 is 10.6 Å². The van der Waals surface area contributed by atoms with Crippen molar-refractivity contribution in [2.24, 2.45) is 17.8 Å². The topological polar surface area (TPSA) is 41.1 Å². The van der Waals surface area contributed by atoms with Crippen LogP contribution in [0.1, 0.15) is 38.2 Å².